The molecule has 0 aliphatic heterocycles. The van der Waals surface area contributed by atoms with Crippen molar-refractivity contribution >= 4 is 17.6 Å². The van der Waals surface area contributed by atoms with Crippen LogP contribution in [0.5, 0.6) is 11.5 Å². The number of nitrogens with one attached hydrogen (secondary N) is 1. The summed E-state index contributed by atoms with van der Waals surface area (Å²) in [7, 11) is 0. The average molecular weight is 339 g/mol. The van der Waals surface area contributed by atoms with Gasteiger partial charge in [0, 0.05) is 5.92 Å². The highest BCUT2D eigenvalue weighted by molar-refractivity contribution is 5.94. The molecule has 2 atom stereocenters. The van der Waals surface area contributed by atoms with E-state index >= 15 is 0 Å². The van der Waals surface area contributed by atoms with Crippen LogP contribution in [-0.2, 0) is 9.59 Å². The Morgan fingerprint density at radius 2 is 1.84 bits per heavy atom. The van der Waals surface area contributed by atoms with Crippen molar-refractivity contribution in [2.75, 3.05) is 5.32 Å². The molecule has 130 valence electrons. The normalized spacial score (nSPS) is 19.4. The van der Waals surface area contributed by atoms with Gasteiger partial charge >= 0.3 is 5.97 Å². The molecule has 1 amide bonds. The lowest BCUT2D eigenvalue weighted by atomic mass is 10.0. The first-order chi connectivity index (χ1) is 12.0. The van der Waals surface area contributed by atoms with Gasteiger partial charge in [0.1, 0.15) is 5.75 Å². The van der Waals surface area contributed by atoms with E-state index in [-0.39, 0.29) is 11.8 Å². The topological polar surface area (TPSA) is 75.6 Å². The average Bonchev–Trinajstić information content (AvgIpc) is 3.07. The summed E-state index contributed by atoms with van der Waals surface area (Å²) in [6.45, 7) is 1.99. The Hall–Kier alpha value is -2.82. The number of benzene rings is 2. The third kappa shape index (κ3) is 4.18. The van der Waals surface area contributed by atoms with Crippen LogP contribution < -0.4 is 10.1 Å². The Morgan fingerprint density at radius 1 is 1.08 bits per heavy atom. The van der Waals surface area contributed by atoms with Crippen LogP contribution in [0.25, 0.3) is 0 Å². The predicted molar refractivity (Wildman–Crippen MR) is 94.8 cm³/mol. The third-order valence-corrected chi connectivity index (χ3v) is 4.51. The van der Waals surface area contributed by atoms with Gasteiger partial charge in [0.05, 0.1) is 11.6 Å². The molecular formula is C20H21NO4. The van der Waals surface area contributed by atoms with E-state index in [1.807, 2.05) is 43.3 Å². The van der Waals surface area contributed by atoms with Crippen molar-refractivity contribution in [3.05, 3.63) is 54.1 Å². The number of carbonyl (C=O) groups excluding carboxylic acids is 1. The molecule has 5 nitrogen and oxygen atoms in total. The molecule has 25 heavy (non-hydrogen) atoms. The van der Waals surface area contributed by atoms with Gasteiger partial charge in [-0.15, -0.1) is 0 Å². The Balaban J connectivity index is 1.71. The van der Waals surface area contributed by atoms with E-state index in [0.717, 1.165) is 5.56 Å². The Morgan fingerprint density at radius 3 is 2.56 bits per heavy atom. The van der Waals surface area contributed by atoms with E-state index in [1.54, 1.807) is 12.1 Å². The number of carbonyl (C=O) groups is 2. The molecule has 2 aromatic carbocycles. The molecule has 2 N–H and O–H groups in total. The van der Waals surface area contributed by atoms with Crippen molar-refractivity contribution in [3.63, 3.8) is 0 Å². The first-order valence-electron chi connectivity index (χ1n) is 8.40. The number of aryl methyl sites for hydroxylation is 1. The van der Waals surface area contributed by atoms with Crippen molar-refractivity contribution in [2.45, 2.75) is 26.2 Å². The highest BCUT2D eigenvalue weighted by Crippen LogP contribution is 2.34. The lowest BCUT2D eigenvalue weighted by Crippen LogP contribution is -2.22. The molecule has 0 heterocycles. The van der Waals surface area contributed by atoms with Crippen LogP contribution in [0, 0.1) is 18.8 Å². The maximum Gasteiger partial charge on any atom is 0.306 e. The van der Waals surface area contributed by atoms with Crippen LogP contribution >= 0.6 is 0 Å². The van der Waals surface area contributed by atoms with E-state index in [4.69, 9.17) is 9.84 Å². The first-order valence-corrected chi connectivity index (χ1v) is 8.40. The second-order valence-corrected chi connectivity index (χ2v) is 6.45. The SMILES string of the molecule is Cc1cccc(Oc2ccccc2NC(=O)[C@@H]2CC[C@H](C(=O)O)C2)c1. The Bertz CT molecular complexity index is 787. The molecule has 0 saturated heterocycles. The van der Waals surface area contributed by atoms with E-state index in [9.17, 15) is 9.59 Å². The van der Waals surface area contributed by atoms with Crippen LogP contribution in [-0.4, -0.2) is 17.0 Å². The second-order valence-electron chi connectivity index (χ2n) is 6.45. The smallest absolute Gasteiger partial charge is 0.306 e. The quantitative estimate of drug-likeness (QED) is 0.855. The van der Waals surface area contributed by atoms with Crippen molar-refractivity contribution in [2.24, 2.45) is 11.8 Å². The summed E-state index contributed by atoms with van der Waals surface area (Å²) in [6.07, 6.45) is 1.54. The van der Waals surface area contributed by atoms with Crippen LogP contribution in [0.1, 0.15) is 24.8 Å². The zero-order chi connectivity index (χ0) is 17.8. The summed E-state index contributed by atoms with van der Waals surface area (Å²) in [5.74, 6) is -0.395. The minimum atomic E-state index is -0.821. The molecular weight excluding hydrogens is 318 g/mol. The minimum absolute atomic E-state index is 0.149. The summed E-state index contributed by atoms with van der Waals surface area (Å²) in [4.78, 5) is 23.5. The number of rotatable bonds is 5. The zero-order valence-electron chi connectivity index (χ0n) is 14.1. The molecule has 0 aromatic heterocycles. The molecule has 0 bridgehead atoms. The van der Waals surface area contributed by atoms with Gasteiger partial charge < -0.3 is 15.2 Å². The number of ether oxygens (including phenoxy) is 1. The molecule has 0 radical (unpaired) electrons. The number of carboxylic acids is 1. The number of hydrogen-bond acceptors (Lipinski definition) is 3. The highest BCUT2D eigenvalue weighted by Gasteiger charge is 2.34. The number of para-hydroxylation sites is 2. The Kier molecular flexibility index (Phi) is 5.03. The fraction of sp³-hybridized carbons (Fsp3) is 0.300. The maximum absolute atomic E-state index is 12.5. The number of anilines is 1. The molecule has 2 aromatic rings. The Labute approximate surface area is 146 Å². The predicted octanol–water partition coefficient (Wildman–Crippen LogP) is 4.23. The van der Waals surface area contributed by atoms with E-state index < -0.39 is 11.9 Å². The van der Waals surface area contributed by atoms with Gasteiger partial charge in [-0.25, -0.2) is 0 Å². The minimum Gasteiger partial charge on any atom is -0.481 e. The summed E-state index contributed by atoms with van der Waals surface area (Å²) in [6, 6.07) is 14.9. The van der Waals surface area contributed by atoms with Gasteiger partial charge in [-0.2, -0.15) is 0 Å². The van der Waals surface area contributed by atoms with Crippen molar-refractivity contribution in [1.29, 1.82) is 0 Å². The zero-order valence-corrected chi connectivity index (χ0v) is 14.1. The van der Waals surface area contributed by atoms with Crippen LogP contribution in [0.2, 0.25) is 0 Å². The lowest BCUT2D eigenvalue weighted by Gasteiger charge is -2.15. The summed E-state index contributed by atoms with van der Waals surface area (Å²) in [5, 5.41) is 12.0. The van der Waals surface area contributed by atoms with Crippen LogP contribution in [0.15, 0.2) is 48.5 Å². The summed E-state index contributed by atoms with van der Waals surface area (Å²) >= 11 is 0. The second kappa shape index (κ2) is 7.38. The van der Waals surface area contributed by atoms with E-state index in [0.29, 0.717) is 36.4 Å². The molecule has 0 spiro atoms. The van der Waals surface area contributed by atoms with Gasteiger partial charge in [-0.1, -0.05) is 24.3 Å². The highest BCUT2D eigenvalue weighted by atomic mass is 16.5. The van der Waals surface area contributed by atoms with Gasteiger partial charge in [0.2, 0.25) is 5.91 Å². The van der Waals surface area contributed by atoms with Gasteiger partial charge in [-0.05, 0) is 56.0 Å². The van der Waals surface area contributed by atoms with Crippen LogP contribution in [0.3, 0.4) is 0 Å². The van der Waals surface area contributed by atoms with Gasteiger partial charge in [-0.3, -0.25) is 9.59 Å². The fourth-order valence-electron chi connectivity index (χ4n) is 3.14. The molecule has 5 heteroatoms. The van der Waals surface area contributed by atoms with Gasteiger partial charge in [0.15, 0.2) is 5.75 Å². The molecule has 1 aliphatic carbocycles. The standard InChI is InChI=1S/C20H21NO4/c1-13-5-4-6-16(11-13)25-18-8-3-2-7-17(18)21-19(22)14-9-10-15(12-14)20(23)24/h2-8,11,14-15H,9-10,12H2,1H3,(H,21,22)(H,23,24)/t14-,15+/m1/s1. The van der Waals surface area contributed by atoms with E-state index in [1.165, 1.54) is 0 Å². The lowest BCUT2D eigenvalue weighted by molar-refractivity contribution is -0.141. The number of hydrogen-bond donors (Lipinski definition) is 2. The molecule has 0 unspecified atom stereocenters. The van der Waals surface area contributed by atoms with Crippen molar-refractivity contribution < 1.29 is 19.4 Å². The molecule has 1 saturated carbocycles. The van der Waals surface area contributed by atoms with E-state index in [2.05, 4.69) is 5.32 Å². The first kappa shape index (κ1) is 17.0. The summed E-state index contributed by atoms with van der Waals surface area (Å²) in [5.41, 5.74) is 1.68. The van der Waals surface area contributed by atoms with Crippen molar-refractivity contribution in [3.8, 4) is 11.5 Å². The fourth-order valence-corrected chi connectivity index (χ4v) is 3.14. The van der Waals surface area contributed by atoms with Crippen LogP contribution in [0.4, 0.5) is 5.69 Å². The largest absolute Gasteiger partial charge is 0.481 e. The molecule has 3 rings (SSSR count). The molecule has 1 aliphatic rings. The maximum atomic E-state index is 12.5. The number of aliphatic carboxylic acids is 1. The number of amides is 1. The molecule has 1 fully saturated rings. The number of carboxylic acid groups (broad SMARTS) is 1. The summed E-state index contributed by atoms with van der Waals surface area (Å²) < 4.78 is 5.90. The third-order valence-electron chi connectivity index (χ3n) is 4.51. The van der Waals surface area contributed by atoms with Crippen molar-refractivity contribution in [1.82, 2.24) is 0 Å². The monoisotopic (exact) mass is 339 g/mol. The van der Waals surface area contributed by atoms with Gasteiger partial charge in [0.25, 0.3) is 0 Å².